The smallest absolute Gasteiger partial charge is 0.0243 e. The Kier molecular flexibility index (Phi) is 2.35. The van der Waals surface area contributed by atoms with E-state index in [9.17, 15) is 5.21 Å². The lowest BCUT2D eigenvalue weighted by atomic mass is 9.72. The van der Waals surface area contributed by atoms with E-state index in [0.29, 0.717) is 5.41 Å². The van der Waals surface area contributed by atoms with E-state index in [1.165, 1.54) is 43.8 Å². The highest BCUT2D eigenvalue weighted by Crippen LogP contribution is 2.38. The van der Waals surface area contributed by atoms with Crippen molar-refractivity contribution in [2.75, 3.05) is 26.2 Å². The highest BCUT2D eigenvalue weighted by molar-refractivity contribution is 4.87. The van der Waals surface area contributed by atoms with E-state index in [1.807, 2.05) is 0 Å². The summed E-state index contributed by atoms with van der Waals surface area (Å²) in [5, 5.41) is 14.1. The fraction of sp³-hybridized carbons (Fsp3) is 1.00. The van der Waals surface area contributed by atoms with Crippen molar-refractivity contribution in [1.29, 1.82) is 0 Å². The zero-order valence-electron chi connectivity index (χ0n) is 7.55. The third-order valence-electron chi connectivity index (χ3n) is 3.46. The Morgan fingerprint density at radius 2 is 1.58 bits per heavy atom. The Hall–Kier alpha value is -0.120. The molecule has 2 N–H and O–H groups in total. The molecule has 0 aliphatic carbocycles. The first kappa shape index (κ1) is 8.48. The van der Waals surface area contributed by atoms with Crippen LogP contribution in [0.1, 0.15) is 25.7 Å². The minimum atomic E-state index is 0.574. The first-order valence-electron chi connectivity index (χ1n) is 4.95. The Morgan fingerprint density at radius 3 is 2.17 bits per heavy atom. The van der Waals surface area contributed by atoms with Crippen molar-refractivity contribution in [3.8, 4) is 0 Å². The summed E-state index contributed by atoms with van der Waals surface area (Å²) in [6.45, 7) is 4.09. The zero-order valence-corrected chi connectivity index (χ0v) is 7.55. The number of hydrogen-bond donors (Lipinski definition) is 2. The van der Waals surface area contributed by atoms with Crippen LogP contribution in [0.4, 0.5) is 0 Å². The molecule has 3 nitrogen and oxygen atoms in total. The van der Waals surface area contributed by atoms with Crippen LogP contribution in [0.5, 0.6) is 0 Å². The molecule has 2 rings (SSSR count). The second kappa shape index (κ2) is 3.32. The van der Waals surface area contributed by atoms with Crippen LogP contribution in [-0.4, -0.2) is 36.4 Å². The van der Waals surface area contributed by atoms with E-state index in [1.54, 1.807) is 0 Å². The lowest BCUT2D eigenvalue weighted by Crippen LogP contribution is -2.44. The van der Waals surface area contributed by atoms with E-state index >= 15 is 0 Å². The quantitative estimate of drug-likeness (QED) is 0.565. The number of hydrogen-bond acceptors (Lipinski definition) is 3. The molecule has 2 saturated heterocycles. The van der Waals surface area contributed by atoms with Crippen LogP contribution in [0.25, 0.3) is 0 Å². The van der Waals surface area contributed by atoms with Gasteiger partial charge in [-0.2, -0.15) is 5.06 Å². The zero-order chi connectivity index (χ0) is 8.44. The first-order valence-corrected chi connectivity index (χ1v) is 4.95. The van der Waals surface area contributed by atoms with Crippen molar-refractivity contribution in [2.24, 2.45) is 5.41 Å². The maximum atomic E-state index is 9.24. The van der Waals surface area contributed by atoms with E-state index < -0.39 is 0 Å². The van der Waals surface area contributed by atoms with Crippen LogP contribution >= 0.6 is 0 Å². The topological polar surface area (TPSA) is 35.5 Å². The second-order valence-corrected chi connectivity index (χ2v) is 4.20. The molecule has 0 amide bonds. The average molecular weight is 170 g/mol. The average Bonchev–Trinajstić information content (AvgIpc) is 2.13. The Morgan fingerprint density at radius 1 is 1.00 bits per heavy atom. The largest absolute Gasteiger partial charge is 0.317 e. The molecule has 0 bridgehead atoms. The van der Waals surface area contributed by atoms with Gasteiger partial charge in [-0.15, -0.1) is 0 Å². The van der Waals surface area contributed by atoms with Crippen molar-refractivity contribution in [2.45, 2.75) is 25.7 Å². The summed E-state index contributed by atoms with van der Waals surface area (Å²) >= 11 is 0. The van der Waals surface area contributed by atoms with Gasteiger partial charge < -0.3 is 10.5 Å². The van der Waals surface area contributed by atoms with Gasteiger partial charge >= 0.3 is 0 Å². The molecule has 0 aromatic rings. The summed E-state index contributed by atoms with van der Waals surface area (Å²) in [5.74, 6) is 0. The van der Waals surface area contributed by atoms with Gasteiger partial charge in [0.15, 0.2) is 0 Å². The van der Waals surface area contributed by atoms with Gasteiger partial charge in [0.2, 0.25) is 0 Å². The molecule has 70 valence electrons. The van der Waals surface area contributed by atoms with Crippen molar-refractivity contribution in [1.82, 2.24) is 10.4 Å². The summed E-state index contributed by atoms with van der Waals surface area (Å²) < 4.78 is 0. The van der Waals surface area contributed by atoms with Gasteiger partial charge in [-0.1, -0.05) is 0 Å². The molecular weight excluding hydrogens is 152 g/mol. The summed E-state index contributed by atoms with van der Waals surface area (Å²) in [6, 6.07) is 0. The summed E-state index contributed by atoms with van der Waals surface area (Å²) in [7, 11) is 0. The van der Waals surface area contributed by atoms with Gasteiger partial charge in [0.1, 0.15) is 0 Å². The highest BCUT2D eigenvalue weighted by atomic mass is 16.5. The van der Waals surface area contributed by atoms with Gasteiger partial charge in [-0.05, 0) is 44.2 Å². The second-order valence-electron chi connectivity index (χ2n) is 4.20. The summed E-state index contributed by atoms with van der Waals surface area (Å²) in [5.41, 5.74) is 0.574. The van der Waals surface area contributed by atoms with E-state index in [-0.39, 0.29) is 0 Å². The SMILES string of the molecule is ON1CCC2(CCNCC2)CC1. The molecule has 2 heterocycles. The van der Waals surface area contributed by atoms with Crippen molar-refractivity contribution < 1.29 is 5.21 Å². The highest BCUT2D eigenvalue weighted by Gasteiger charge is 2.34. The monoisotopic (exact) mass is 170 g/mol. The van der Waals surface area contributed by atoms with E-state index in [4.69, 9.17) is 0 Å². The Balaban J connectivity index is 1.92. The minimum absolute atomic E-state index is 0.574. The van der Waals surface area contributed by atoms with Crippen molar-refractivity contribution in [3.05, 3.63) is 0 Å². The van der Waals surface area contributed by atoms with Gasteiger partial charge in [0.05, 0.1) is 0 Å². The summed E-state index contributed by atoms with van der Waals surface area (Å²) in [6.07, 6.45) is 4.98. The molecule has 0 aromatic carbocycles. The third-order valence-corrected chi connectivity index (χ3v) is 3.46. The van der Waals surface area contributed by atoms with Crippen LogP contribution in [0.15, 0.2) is 0 Å². The number of rotatable bonds is 0. The van der Waals surface area contributed by atoms with Gasteiger partial charge in [-0.3, -0.25) is 0 Å². The maximum absolute atomic E-state index is 9.24. The van der Waals surface area contributed by atoms with Crippen LogP contribution in [0.2, 0.25) is 0 Å². The Labute approximate surface area is 73.7 Å². The van der Waals surface area contributed by atoms with Gasteiger partial charge in [-0.25, -0.2) is 0 Å². The van der Waals surface area contributed by atoms with Gasteiger partial charge in [0, 0.05) is 13.1 Å². The predicted molar refractivity (Wildman–Crippen MR) is 47.1 cm³/mol. The first-order chi connectivity index (χ1) is 5.81. The fourth-order valence-electron chi connectivity index (χ4n) is 2.43. The molecule has 3 heteroatoms. The molecular formula is C9H18N2O. The molecule has 2 fully saturated rings. The maximum Gasteiger partial charge on any atom is 0.0243 e. The van der Waals surface area contributed by atoms with Crippen molar-refractivity contribution >= 4 is 0 Å². The normalized spacial score (nSPS) is 30.8. The lowest BCUT2D eigenvalue weighted by Gasteiger charge is -2.42. The van der Waals surface area contributed by atoms with E-state index in [2.05, 4.69) is 5.32 Å². The number of nitrogens with one attached hydrogen (secondary N) is 1. The third kappa shape index (κ3) is 1.63. The molecule has 0 aromatic heterocycles. The van der Waals surface area contributed by atoms with Crippen LogP contribution in [-0.2, 0) is 0 Å². The lowest BCUT2D eigenvalue weighted by molar-refractivity contribution is -0.129. The molecule has 0 radical (unpaired) electrons. The molecule has 0 unspecified atom stereocenters. The molecule has 2 aliphatic rings. The number of piperidine rings is 2. The summed E-state index contributed by atoms with van der Waals surface area (Å²) in [4.78, 5) is 0. The molecule has 0 saturated carbocycles. The fourth-order valence-corrected chi connectivity index (χ4v) is 2.43. The van der Waals surface area contributed by atoms with Crippen LogP contribution < -0.4 is 5.32 Å². The number of hydroxylamine groups is 2. The number of nitrogens with zero attached hydrogens (tertiary/aromatic N) is 1. The standard InChI is InChI=1S/C9H18N2O/c12-11-7-3-9(4-8-11)1-5-10-6-2-9/h10,12H,1-8H2. The Bertz CT molecular complexity index is 145. The predicted octanol–water partition coefficient (Wildman–Crippen LogP) is 0.841. The van der Waals surface area contributed by atoms with Crippen molar-refractivity contribution in [3.63, 3.8) is 0 Å². The van der Waals surface area contributed by atoms with Gasteiger partial charge in [0.25, 0.3) is 0 Å². The molecule has 12 heavy (non-hydrogen) atoms. The molecule has 0 atom stereocenters. The molecule has 2 aliphatic heterocycles. The molecule has 1 spiro atoms. The minimum Gasteiger partial charge on any atom is -0.317 e. The van der Waals surface area contributed by atoms with E-state index in [0.717, 1.165) is 13.1 Å². The van der Waals surface area contributed by atoms with Crippen LogP contribution in [0, 0.1) is 5.41 Å². The van der Waals surface area contributed by atoms with Crippen LogP contribution in [0.3, 0.4) is 0 Å².